The van der Waals surface area contributed by atoms with Gasteiger partial charge in [0.2, 0.25) is 0 Å². The Morgan fingerprint density at radius 2 is 1.75 bits per heavy atom. The summed E-state index contributed by atoms with van der Waals surface area (Å²) in [5.74, 6) is -2.29. The second-order valence-electron chi connectivity index (χ2n) is 6.63. The van der Waals surface area contributed by atoms with Crippen LogP contribution in [0.15, 0.2) is 0 Å². The van der Waals surface area contributed by atoms with Gasteiger partial charge in [0, 0.05) is 6.54 Å². The topological polar surface area (TPSA) is 125 Å². The zero-order valence-corrected chi connectivity index (χ0v) is 14.9. The fourth-order valence-corrected chi connectivity index (χ4v) is 2.26. The van der Waals surface area contributed by atoms with E-state index >= 15 is 0 Å². The second-order valence-corrected chi connectivity index (χ2v) is 6.63. The van der Waals surface area contributed by atoms with Crippen molar-refractivity contribution < 1.29 is 24.0 Å². The summed E-state index contributed by atoms with van der Waals surface area (Å²) < 4.78 is 4.83. The lowest BCUT2D eigenvalue weighted by atomic mass is 10.0. The average Bonchev–Trinajstić information content (AvgIpc) is 3.00. The lowest BCUT2D eigenvalue weighted by Crippen LogP contribution is -2.46. The highest BCUT2D eigenvalue weighted by Gasteiger charge is 2.38. The molecule has 0 aromatic heterocycles. The lowest BCUT2D eigenvalue weighted by molar-refractivity contribution is -0.203. The van der Waals surface area contributed by atoms with Gasteiger partial charge in [-0.1, -0.05) is 34.1 Å². The first kappa shape index (κ1) is 20.5. The summed E-state index contributed by atoms with van der Waals surface area (Å²) in [6, 6.07) is -2.44. The molecule has 1 aliphatic heterocycles. The van der Waals surface area contributed by atoms with Crippen LogP contribution in [0.2, 0.25) is 0 Å². The summed E-state index contributed by atoms with van der Waals surface area (Å²) in [7, 11) is 0. The molecule has 8 heteroatoms. The Morgan fingerprint density at radius 3 is 2.29 bits per heavy atom. The molecule has 0 aromatic rings. The van der Waals surface area contributed by atoms with Gasteiger partial charge in [-0.05, 0) is 24.7 Å². The van der Waals surface area contributed by atoms with Crippen LogP contribution in [0.25, 0.3) is 0 Å². The maximum absolute atomic E-state index is 12.2. The van der Waals surface area contributed by atoms with E-state index in [4.69, 9.17) is 21.0 Å². The van der Waals surface area contributed by atoms with Crippen LogP contribution < -0.4 is 11.5 Å². The van der Waals surface area contributed by atoms with Crippen molar-refractivity contribution in [3.05, 3.63) is 0 Å². The Hall–Kier alpha value is -1.51. The molecule has 0 radical (unpaired) electrons. The van der Waals surface area contributed by atoms with Crippen LogP contribution in [0.4, 0.5) is 0 Å². The van der Waals surface area contributed by atoms with Crippen molar-refractivity contribution in [2.75, 3.05) is 6.54 Å². The van der Waals surface area contributed by atoms with Gasteiger partial charge < -0.3 is 21.0 Å². The van der Waals surface area contributed by atoms with Crippen molar-refractivity contribution in [2.24, 2.45) is 23.3 Å². The molecule has 1 heterocycles. The molecule has 1 rings (SSSR count). The Morgan fingerprint density at radius 1 is 1.12 bits per heavy atom. The van der Waals surface area contributed by atoms with E-state index < -0.39 is 36.0 Å². The molecule has 0 spiro atoms. The quantitative estimate of drug-likeness (QED) is 0.500. The van der Waals surface area contributed by atoms with Gasteiger partial charge in [0.15, 0.2) is 0 Å². The predicted molar refractivity (Wildman–Crippen MR) is 87.2 cm³/mol. The minimum Gasteiger partial charge on any atom is -0.391 e. The number of hydrogen-bond donors (Lipinski definition) is 2. The van der Waals surface area contributed by atoms with Crippen LogP contribution in [0, 0.1) is 11.8 Å². The van der Waals surface area contributed by atoms with Crippen LogP contribution in [0.3, 0.4) is 0 Å². The number of hydrogen-bond acceptors (Lipinski definition) is 8. The molecule has 138 valence electrons. The molecule has 1 fully saturated rings. The maximum atomic E-state index is 12.2. The number of rotatable bonds is 7. The fraction of sp³-hybridized carbons (Fsp3) is 0.812. The van der Waals surface area contributed by atoms with Gasteiger partial charge in [0.1, 0.15) is 18.1 Å². The van der Waals surface area contributed by atoms with E-state index in [0.717, 1.165) is 6.42 Å². The van der Waals surface area contributed by atoms with E-state index in [1.807, 2.05) is 13.8 Å². The van der Waals surface area contributed by atoms with E-state index in [1.54, 1.807) is 13.8 Å². The Labute approximate surface area is 142 Å². The van der Waals surface area contributed by atoms with Crippen molar-refractivity contribution in [3.8, 4) is 0 Å². The SMILES string of the molecule is CC[C@H](C)[C@H](N)C(=O)ON1CCC[C@H]1C(=O)OC(=O)[C@@H](N)C(C)C. The molecule has 24 heavy (non-hydrogen) atoms. The minimum atomic E-state index is -0.870. The first-order chi connectivity index (χ1) is 11.2. The minimum absolute atomic E-state index is 0.0314. The van der Waals surface area contributed by atoms with Gasteiger partial charge in [-0.25, -0.2) is 14.4 Å². The number of carbonyl (C=O) groups is 3. The highest BCUT2D eigenvalue weighted by atomic mass is 16.7. The fourth-order valence-electron chi connectivity index (χ4n) is 2.26. The first-order valence-corrected chi connectivity index (χ1v) is 8.44. The predicted octanol–water partition coefficient (Wildman–Crippen LogP) is 0.336. The lowest BCUT2D eigenvalue weighted by Gasteiger charge is -2.25. The van der Waals surface area contributed by atoms with Crippen LogP contribution in [-0.2, 0) is 24.0 Å². The van der Waals surface area contributed by atoms with Crippen molar-refractivity contribution in [2.45, 2.75) is 65.1 Å². The third-order valence-corrected chi connectivity index (χ3v) is 4.40. The summed E-state index contributed by atoms with van der Waals surface area (Å²) in [5.41, 5.74) is 11.5. The molecule has 4 atom stereocenters. The van der Waals surface area contributed by atoms with Crippen LogP contribution in [0.1, 0.15) is 47.0 Å². The molecule has 0 amide bonds. The molecule has 1 aliphatic rings. The average molecular weight is 343 g/mol. The van der Waals surface area contributed by atoms with Crippen molar-refractivity contribution in [1.82, 2.24) is 5.06 Å². The maximum Gasteiger partial charge on any atom is 0.342 e. The third-order valence-electron chi connectivity index (χ3n) is 4.40. The van der Waals surface area contributed by atoms with Crippen LogP contribution >= 0.6 is 0 Å². The van der Waals surface area contributed by atoms with Crippen molar-refractivity contribution >= 4 is 17.9 Å². The Kier molecular flexibility index (Phi) is 7.78. The van der Waals surface area contributed by atoms with Gasteiger partial charge in [-0.2, -0.15) is 0 Å². The molecule has 0 saturated carbocycles. The molecule has 0 bridgehead atoms. The molecule has 1 saturated heterocycles. The van der Waals surface area contributed by atoms with E-state index in [0.29, 0.717) is 19.4 Å². The zero-order valence-electron chi connectivity index (χ0n) is 14.9. The normalized spacial score (nSPS) is 22.0. The van der Waals surface area contributed by atoms with E-state index in [1.165, 1.54) is 5.06 Å². The van der Waals surface area contributed by atoms with Gasteiger partial charge in [-0.3, -0.25) is 0 Å². The molecular formula is C16H29N3O5. The molecule has 0 aliphatic carbocycles. The van der Waals surface area contributed by atoms with Gasteiger partial charge in [0.25, 0.3) is 0 Å². The van der Waals surface area contributed by atoms with E-state index in [-0.39, 0.29) is 11.8 Å². The Bertz CT molecular complexity index is 469. The molecule has 0 unspecified atom stereocenters. The number of esters is 2. The number of ether oxygens (including phenoxy) is 1. The number of hydroxylamine groups is 2. The molecule has 0 aromatic carbocycles. The summed E-state index contributed by atoms with van der Waals surface area (Å²) in [4.78, 5) is 41.3. The molecular weight excluding hydrogens is 314 g/mol. The Balaban J connectivity index is 2.63. The van der Waals surface area contributed by atoms with Gasteiger partial charge in [0.05, 0.1) is 0 Å². The van der Waals surface area contributed by atoms with Gasteiger partial charge in [-0.15, -0.1) is 5.06 Å². The summed E-state index contributed by atoms with van der Waals surface area (Å²) >= 11 is 0. The van der Waals surface area contributed by atoms with Crippen LogP contribution in [0.5, 0.6) is 0 Å². The third kappa shape index (κ3) is 5.25. The second kappa shape index (κ2) is 9.10. The highest BCUT2D eigenvalue weighted by molar-refractivity contribution is 5.91. The monoisotopic (exact) mass is 343 g/mol. The van der Waals surface area contributed by atoms with E-state index in [2.05, 4.69) is 0 Å². The zero-order chi connectivity index (χ0) is 18.4. The van der Waals surface area contributed by atoms with Crippen molar-refractivity contribution in [3.63, 3.8) is 0 Å². The largest absolute Gasteiger partial charge is 0.391 e. The van der Waals surface area contributed by atoms with Crippen LogP contribution in [-0.4, -0.2) is 47.6 Å². The smallest absolute Gasteiger partial charge is 0.342 e. The number of carbonyl (C=O) groups excluding carboxylic acids is 3. The number of nitrogens with two attached hydrogens (primary N) is 2. The molecule has 8 nitrogen and oxygen atoms in total. The summed E-state index contributed by atoms with van der Waals surface area (Å²) in [6.45, 7) is 7.70. The summed E-state index contributed by atoms with van der Waals surface area (Å²) in [5, 5.41) is 1.25. The van der Waals surface area contributed by atoms with E-state index in [9.17, 15) is 14.4 Å². The van der Waals surface area contributed by atoms with Gasteiger partial charge >= 0.3 is 17.9 Å². The highest BCUT2D eigenvalue weighted by Crippen LogP contribution is 2.20. The standard InChI is InChI=1S/C16H29N3O5/c1-5-10(4)13(18)16(22)24-19-8-6-7-11(19)14(20)23-15(21)12(17)9(2)3/h9-13H,5-8,17-18H2,1-4H3/t10-,11-,12-,13-/m0/s1. The first-order valence-electron chi connectivity index (χ1n) is 8.44. The molecule has 4 N–H and O–H groups in total. The number of nitrogens with zero attached hydrogens (tertiary/aromatic N) is 1. The van der Waals surface area contributed by atoms with Crippen molar-refractivity contribution in [1.29, 1.82) is 0 Å². The summed E-state index contributed by atoms with van der Waals surface area (Å²) in [6.07, 6.45) is 1.83.